The number of nitrogens with one attached hydrogen (secondary N) is 1. The lowest BCUT2D eigenvalue weighted by atomic mass is 9.76. The fourth-order valence-electron chi connectivity index (χ4n) is 7.15. The number of hydrogen-bond acceptors (Lipinski definition) is 3. The van der Waals surface area contributed by atoms with E-state index in [9.17, 15) is 0 Å². The van der Waals surface area contributed by atoms with Gasteiger partial charge in [0.1, 0.15) is 0 Å². The molecule has 0 aromatic heterocycles. The minimum atomic E-state index is 0.433. The van der Waals surface area contributed by atoms with Crippen molar-refractivity contribution >= 4 is 17.6 Å². The van der Waals surface area contributed by atoms with Gasteiger partial charge in [-0.25, -0.2) is 0 Å². The summed E-state index contributed by atoms with van der Waals surface area (Å²) in [5, 5.41) is 0. The van der Waals surface area contributed by atoms with Crippen LogP contribution in [0.25, 0.3) is 0 Å². The average molecular weight is 435 g/mol. The molecule has 166 valence electrons. The normalized spacial score (nSPS) is 32.6. The minimum absolute atomic E-state index is 0.433. The monoisotopic (exact) mass is 434 g/mol. The third kappa shape index (κ3) is 4.16. The highest BCUT2D eigenvalue weighted by Gasteiger charge is 2.67. The molecule has 0 spiro atoms. The van der Waals surface area contributed by atoms with E-state index < -0.39 is 0 Å². The number of rotatable bonds is 8. The molecule has 5 rings (SSSR count). The van der Waals surface area contributed by atoms with Crippen LogP contribution in [0.15, 0.2) is 54.6 Å². The second-order valence-electron chi connectivity index (χ2n) is 10.2. The van der Waals surface area contributed by atoms with Gasteiger partial charge in [0.05, 0.1) is 0 Å². The Morgan fingerprint density at radius 3 is 2.42 bits per heavy atom. The van der Waals surface area contributed by atoms with Crippen molar-refractivity contribution < 1.29 is 0 Å². The summed E-state index contributed by atoms with van der Waals surface area (Å²) in [5.74, 6) is 3.48. The van der Waals surface area contributed by atoms with Crippen LogP contribution in [0, 0.1) is 23.7 Å². The van der Waals surface area contributed by atoms with Gasteiger partial charge in [0.2, 0.25) is 0 Å². The molecule has 0 radical (unpaired) electrons. The first-order valence-corrected chi connectivity index (χ1v) is 13.6. The summed E-state index contributed by atoms with van der Waals surface area (Å²) in [6.07, 6.45) is 10.4. The summed E-state index contributed by atoms with van der Waals surface area (Å²) < 4.78 is 3.43. The van der Waals surface area contributed by atoms with Crippen LogP contribution in [0.5, 0.6) is 0 Å². The zero-order chi connectivity index (χ0) is 21.3. The maximum Gasteiger partial charge on any atom is 0.0442 e. The number of nitrogens with zero attached hydrogens (tertiary/aromatic N) is 1. The predicted octanol–water partition coefficient (Wildman–Crippen LogP) is 6.64. The first kappa shape index (κ1) is 21.4. The van der Waals surface area contributed by atoms with Crippen molar-refractivity contribution in [2.45, 2.75) is 50.9 Å². The average Bonchev–Trinajstić information content (AvgIpc) is 3.19. The van der Waals surface area contributed by atoms with Gasteiger partial charge in [0.25, 0.3) is 0 Å². The van der Waals surface area contributed by atoms with Gasteiger partial charge in [-0.15, -0.1) is 0 Å². The number of anilines is 1. The Morgan fingerprint density at radius 2 is 1.71 bits per heavy atom. The van der Waals surface area contributed by atoms with Gasteiger partial charge in [-0.1, -0.05) is 74.2 Å². The zero-order valence-electron chi connectivity index (χ0n) is 19.2. The molecule has 2 aliphatic carbocycles. The van der Waals surface area contributed by atoms with Crippen LogP contribution in [0.4, 0.5) is 5.69 Å². The van der Waals surface area contributed by atoms with Crippen molar-refractivity contribution in [3.05, 3.63) is 65.7 Å². The van der Waals surface area contributed by atoms with E-state index in [0.29, 0.717) is 5.41 Å². The maximum atomic E-state index is 3.43. The molecule has 1 N–H and O–H groups in total. The van der Waals surface area contributed by atoms with Crippen LogP contribution in [0.2, 0.25) is 0 Å². The van der Waals surface area contributed by atoms with E-state index in [0.717, 1.165) is 23.7 Å². The Bertz CT molecular complexity index is 854. The summed E-state index contributed by atoms with van der Waals surface area (Å²) in [6.45, 7) is 6.37. The van der Waals surface area contributed by atoms with Crippen molar-refractivity contribution in [1.82, 2.24) is 4.90 Å². The zero-order valence-corrected chi connectivity index (χ0v) is 20.0. The third-order valence-corrected chi connectivity index (χ3v) is 9.15. The van der Waals surface area contributed by atoms with E-state index in [2.05, 4.69) is 77.4 Å². The Kier molecular flexibility index (Phi) is 6.35. The molecule has 3 aliphatic rings. The van der Waals surface area contributed by atoms with Gasteiger partial charge in [-0.3, -0.25) is 0 Å². The van der Waals surface area contributed by atoms with E-state index in [4.69, 9.17) is 0 Å². The Morgan fingerprint density at radius 1 is 0.968 bits per heavy atom. The van der Waals surface area contributed by atoms with Crippen molar-refractivity contribution in [2.75, 3.05) is 30.6 Å². The first-order chi connectivity index (χ1) is 15.2. The van der Waals surface area contributed by atoms with E-state index in [1.165, 1.54) is 69.4 Å². The van der Waals surface area contributed by atoms with Gasteiger partial charge in [0, 0.05) is 37.0 Å². The second kappa shape index (κ2) is 9.19. The van der Waals surface area contributed by atoms with E-state index in [1.807, 2.05) is 0 Å². The molecule has 31 heavy (non-hydrogen) atoms. The van der Waals surface area contributed by atoms with Crippen molar-refractivity contribution in [1.29, 1.82) is 0 Å². The summed E-state index contributed by atoms with van der Waals surface area (Å²) in [6, 6.07) is 20.4. The minimum Gasteiger partial charge on any atom is -0.330 e. The second-order valence-corrected chi connectivity index (χ2v) is 10.8. The molecule has 4 atom stereocenters. The largest absolute Gasteiger partial charge is 0.330 e. The van der Waals surface area contributed by atoms with Crippen molar-refractivity contribution in [3.63, 3.8) is 0 Å². The lowest BCUT2D eigenvalue weighted by Gasteiger charge is -2.36. The number of fused-ring (bicyclic) bond motifs is 1. The highest BCUT2D eigenvalue weighted by molar-refractivity contribution is 7.99. The van der Waals surface area contributed by atoms with Gasteiger partial charge in [0.15, 0.2) is 0 Å². The first-order valence-electron chi connectivity index (χ1n) is 12.4. The van der Waals surface area contributed by atoms with Gasteiger partial charge in [-0.05, 0) is 72.6 Å². The SMILES string of the molecule is CCC1(c2cccc(NSC)c2)C2CN(CC3CCCCC3Cc3ccccc3)CC21. The van der Waals surface area contributed by atoms with Crippen LogP contribution in [0.3, 0.4) is 0 Å². The highest BCUT2D eigenvalue weighted by Crippen LogP contribution is 2.65. The van der Waals surface area contributed by atoms with Crippen molar-refractivity contribution in [3.8, 4) is 0 Å². The third-order valence-electron chi connectivity index (χ3n) is 8.71. The molecule has 0 amide bonds. The van der Waals surface area contributed by atoms with Gasteiger partial charge < -0.3 is 9.62 Å². The molecule has 2 saturated carbocycles. The highest BCUT2D eigenvalue weighted by atomic mass is 32.2. The van der Waals surface area contributed by atoms with E-state index >= 15 is 0 Å². The van der Waals surface area contributed by atoms with E-state index in [1.54, 1.807) is 17.5 Å². The van der Waals surface area contributed by atoms with Crippen LogP contribution < -0.4 is 4.72 Å². The molecule has 2 aromatic carbocycles. The number of benzene rings is 2. The van der Waals surface area contributed by atoms with Gasteiger partial charge >= 0.3 is 0 Å². The number of likely N-dealkylation sites (tertiary alicyclic amines) is 1. The smallest absolute Gasteiger partial charge is 0.0442 e. The van der Waals surface area contributed by atoms with Crippen molar-refractivity contribution in [2.24, 2.45) is 23.7 Å². The van der Waals surface area contributed by atoms with Crippen LogP contribution in [0.1, 0.15) is 50.2 Å². The van der Waals surface area contributed by atoms with E-state index in [-0.39, 0.29) is 0 Å². The molecule has 3 heteroatoms. The molecule has 2 nitrogen and oxygen atoms in total. The fraction of sp³-hybridized carbons (Fsp3) is 0.571. The lowest BCUT2D eigenvalue weighted by Crippen LogP contribution is -2.37. The molecule has 4 unspecified atom stereocenters. The summed E-state index contributed by atoms with van der Waals surface area (Å²) in [7, 11) is 0. The van der Waals surface area contributed by atoms with Gasteiger partial charge in [-0.2, -0.15) is 0 Å². The fourth-order valence-corrected chi connectivity index (χ4v) is 7.52. The molecule has 1 heterocycles. The summed E-state index contributed by atoms with van der Waals surface area (Å²) >= 11 is 1.69. The van der Waals surface area contributed by atoms with Crippen LogP contribution >= 0.6 is 11.9 Å². The standard InChI is InChI=1S/C28H38N2S/c1-3-28(24-14-9-15-25(17-24)29-31-2)26-19-30(20-27(26)28)18-23-13-8-7-12-22(23)16-21-10-5-4-6-11-21/h4-6,9-11,14-15,17,22-23,26-27,29H,3,7-8,12-13,16,18-20H2,1-2H3. The lowest BCUT2D eigenvalue weighted by molar-refractivity contribution is 0.152. The Hall–Kier alpha value is -1.45. The maximum absolute atomic E-state index is 3.43. The molecular formula is C28H38N2S. The molecule has 1 saturated heterocycles. The summed E-state index contributed by atoms with van der Waals surface area (Å²) in [4.78, 5) is 2.83. The quantitative estimate of drug-likeness (QED) is 0.469. The Labute approximate surface area is 193 Å². The molecule has 0 bridgehead atoms. The predicted molar refractivity (Wildman–Crippen MR) is 135 cm³/mol. The summed E-state index contributed by atoms with van der Waals surface area (Å²) in [5.41, 5.74) is 4.80. The topological polar surface area (TPSA) is 15.3 Å². The Balaban J connectivity index is 1.22. The van der Waals surface area contributed by atoms with Crippen LogP contribution in [-0.4, -0.2) is 30.8 Å². The molecule has 1 aliphatic heterocycles. The molecular weight excluding hydrogens is 396 g/mol. The molecule has 2 aromatic rings. The number of piperidine rings is 1. The number of hydrogen-bond donors (Lipinski definition) is 1. The van der Waals surface area contributed by atoms with Crippen LogP contribution in [-0.2, 0) is 11.8 Å². The molecule has 3 fully saturated rings.